The third kappa shape index (κ3) is 3.51. The molecule has 4 nitrogen and oxygen atoms in total. The highest BCUT2D eigenvalue weighted by molar-refractivity contribution is 7.19. The monoisotopic (exact) mass is 353 g/mol. The molecule has 5 heteroatoms. The standard InChI is InChI=1S/C20H22N2O2S/c1-12(2)22-13(3)9-15(14(22)4)10-16(11-19(23)24)20-21-17-7-5-6-8-18(17)25-20/h5-10,12H,11H2,1-4H3,(H,23,24)/p-1/b16-10+. The molecule has 0 atom stereocenters. The maximum atomic E-state index is 11.3. The second kappa shape index (κ2) is 6.84. The zero-order valence-corrected chi connectivity index (χ0v) is 15.7. The van der Waals surface area contributed by atoms with Gasteiger partial charge in [-0.1, -0.05) is 12.1 Å². The summed E-state index contributed by atoms with van der Waals surface area (Å²) in [7, 11) is 0. The van der Waals surface area contributed by atoms with Crippen LogP contribution in [0.15, 0.2) is 30.3 Å². The number of benzene rings is 1. The van der Waals surface area contributed by atoms with Crippen LogP contribution in [-0.2, 0) is 4.79 Å². The van der Waals surface area contributed by atoms with E-state index in [4.69, 9.17) is 0 Å². The molecule has 0 amide bonds. The molecule has 3 rings (SSSR count). The van der Waals surface area contributed by atoms with Crippen molar-refractivity contribution in [2.45, 2.75) is 40.2 Å². The van der Waals surface area contributed by atoms with E-state index in [0.717, 1.165) is 32.2 Å². The lowest BCUT2D eigenvalue weighted by Crippen LogP contribution is -2.22. The Balaban J connectivity index is 2.11. The molecule has 2 aromatic heterocycles. The number of aromatic nitrogens is 2. The zero-order chi connectivity index (χ0) is 18.1. The SMILES string of the molecule is Cc1cc(/C=C(\CC(=O)[O-])c2nc3ccccc3s2)c(C)n1C(C)C. The van der Waals surface area contributed by atoms with E-state index in [1.54, 1.807) is 0 Å². The Labute approximate surface area is 151 Å². The topological polar surface area (TPSA) is 57.9 Å². The van der Waals surface area contributed by atoms with E-state index in [-0.39, 0.29) is 6.42 Å². The maximum Gasteiger partial charge on any atom is 0.120 e. The smallest absolute Gasteiger partial charge is 0.120 e. The molecule has 1 aromatic carbocycles. The fourth-order valence-corrected chi connectivity index (χ4v) is 4.26. The minimum absolute atomic E-state index is 0.148. The number of thiazole rings is 1. The lowest BCUT2D eigenvalue weighted by molar-refractivity contribution is -0.304. The van der Waals surface area contributed by atoms with Crippen molar-refractivity contribution in [2.24, 2.45) is 0 Å². The number of carbonyl (C=O) groups is 1. The fourth-order valence-electron chi connectivity index (χ4n) is 3.28. The van der Waals surface area contributed by atoms with E-state index in [2.05, 4.69) is 43.3 Å². The van der Waals surface area contributed by atoms with Crippen LogP contribution in [0, 0.1) is 13.8 Å². The third-order valence-electron chi connectivity index (χ3n) is 4.27. The number of rotatable bonds is 5. The largest absolute Gasteiger partial charge is 0.550 e. The lowest BCUT2D eigenvalue weighted by Gasteiger charge is -2.13. The van der Waals surface area contributed by atoms with Gasteiger partial charge >= 0.3 is 0 Å². The summed E-state index contributed by atoms with van der Waals surface area (Å²) in [5.41, 5.74) is 4.90. The second-order valence-corrected chi connectivity index (χ2v) is 7.53. The maximum absolute atomic E-state index is 11.3. The molecule has 0 fully saturated rings. The number of carboxylic acids is 1. The van der Waals surface area contributed by atoms with Gasteiger partial charge < -0.3 is 14.5 Å². The molecule has 2 heterocycles. The van der Waals surface area contributed by atoms with E-state index in [1.807, 2.05) is 30.3 Å². The van der Waals surface area contributed by atoms with Gasteiger partial charge in [0.15, 0.2) is 0 Å². The molecule has 3 aromatic rings. The highest BCUT2D eigenvalue weighted by Gasteiger charge is 2.14. The van der Waals surface area contributed by atoms with Crippen LogP contribution in [0.1, 0.15) is 48.3 Å². The summed E-state index contributed by atoms with van der Waals surface area (Å²) in [6, 6.07) is 10.3. The first kappa shape index (κ1) is 17.4. The van der Waals surface area contributed by atoms with Crippen molar-refractivity contribution in [3.8, 4) is 0 Å². The van der Waals surface area contributed by atoms with Gasteiger partial charge in [-0.3, -0.25) is 0 Å². The molecule has 0 radical (unpaired) electrons. The van der Waals surface area contributed by atoms with Crippen molar-refractivity contribution in [3.63, 3.8) is 0 Å². The summed E-state index contributed by atoms with van der Waals surface area (Å²) in [6.07, 6.45) is 1.79. The minimum Gasteiger partial charge on any atom is -0.550 e. The Hall–Kier alpha value is -2.40. The Morgan fingerprint density at radius 2 is 2.04 bits per heavy atom. The minimum atomic E-state index is -1.09. The quantitative estimate of drug-likeness (QED) is 0.697. The normalized spacial score (nSPS) is 12.3. The van der Waals surface area contributed by atoms with Crippen LogP contribution < -0.4 is 5.11 Å². The summed E-state index contributed by atoms with van der Waals surface area (Å²) in [5.74, 6) is -1.09. The Morgan fingerprint density at radius 1 is 1.32 bits per heavy atom. The van der Waals surface area contributed by atoms with Crippen LogP contribution in [0.2, 0.25) is 0 Å². The molecule has 0 bridgehead atoms. The number of carbonyl (C=O) groups excluding carboxylic acids is 1. The summed E-state index contributed by atoms with van der Waals surface area (Å²) >= 11 is 1.51. The summed E-state index contributed by atoms with van der Waals surface area (Å²) in [4.78, 5) is 15.9. The van der Waals surface area contributed by atoms with Crippen LogP contribution in [0.3, 0.4) is 0 Å². The van der Waals surface area contributed by atoms with E-state index in [0.29, 0.717) is 11.6 Å². The molecule has 0 unspecified atom stereocenters. The summed E-state index contributed by atoms with van der Waals surface area (Å²) in [6.45, 7) is 8.42. The molecule has 0 N–H and O–H groups in total. The van der Waals surface area contributed by atoms with Gasteiger partial charge in [-0.15, -0.1) is 11.3 Å². The first-order valence-corrected chi connectivity index (χ1v) is 9.13. The molecular formula is C20H21N2O2S-. The van der Waals surface area contributed by atoms with Crippen molar-refractivity contribution in [3.05, 3.63) is 52.3 Å². The number of fused-ring (bicyclic) bond motifs is 1. The van der Waals surface area contributed by atoms with Gasteiger partial charge in [0.05, 0.1) is 10.2 Å². The van der Waals surface area contributed by atoms with Crippen LogP contribution in [0.25, 0.3) is 21.9 Å². The van der Waals surface area contributed by atoms with E-state index < -0.39 is 5.97 Å². The molecule has 0 aliphatic rings. The third-order valence-corrected chi connectivity index (χ3v) is 5.38. The number of para-hydroxylation sites is 1. The number of carboxylic acid groups (broad SMARTS) is 1. The van der Waals surface area contributed by atoms with Gasteiger partial charge in [0.2, 0.25) is 0 Å². The van der Waals surface area contributed by atoms with Crippen LogP contribution >= 0.6 is 11.3 Å². The van der Waals surface area contributed by atoms with Crippen molar-refractivity contribution < 1.29 is 9.90 Å². The van der Waals surface area contributed by atoms with Crippen molar-refractivity contribution >= 4 is 39.2 Å². The molecule has 0 aliphatic heterocycles. The van der Waals surface area contributed by atoms with E-state index in [9.17, 15) is 9.90 Å². The molecule has 25 heavy (non-hydrogen) atoms. The summed E-state index contributed by atoms with van der Waals surface area (Å²) in [5, 5.41) is 12.0. The molecule has 0 saturated carbocycles. The Morgan fingerprint density at radius 3 is 2.64 bits per heavy atom. The number of hydrogen-bond acceptors (Lipinski definition) is 4. The molecule has 0 saturated heterocycles. The molecule has 0 spiro atoms. The van der Waals surface area contributed by atoms with Crippen LogP contribution in [-0.4, -0.2) is 15.5 Å². The van der Waals surface area contributed by atoms with Gasteiger partial charge in [0, 0.05) is 29.8 Å². The van der Waals surface area contributed by atoms with Crippen molar-refractivity contribution in [1.29, 1.82) is 0 Å². The van der Waals surface area contributed by atoms with Gasteiger partial charge in [-0.25, -0.2) is 4.98 Å². The summed E-state index contributed by atoms with van der Waals surface area (Å²) < 4.78 is 3.30. The average molecular weight is 353 g/mol. The van der Waals surface area contributed by atoms with Gasteiger partial charge in [-0.05, 0) is 63.1 Å². The van der Waals surface area contributed by atoms with Crippen LogP contribution in [0.5, 0.6) is 0 Å². The van der Waals surface area contributed by atoms with E-state index >= 15 is 0 Å². The number of aryl methyl sites for hydroxylation is 1. The average Bonchev–Trinajstić information content (AvgIpc) is 3.07. The fraction of sp³-hybridized carbons (Fsp3) is 0.300. The van der Waals surface area contributed by atoms with Crippen molar-refractivity contribution in [1.82, 2.24) is 9.55 Å². The Bertz CT molecular complexity index is 930. The predicted molar refractivity (Wildman–Crippen MR) is 101 cm³/mol. The highest BCUT2D eigenvalue weighted by Crippen LogP contribution is 2.31. The number of hydrogen-bond donors (Lipinski definition) is 0. The van der Waals surface area contributed by atoms with Crippen molar-refractivity contribution in [2.75, 3.05) is 0 Å². The second-order valence-electron chi connectivity index (χ2n) is 6.50. The first-order valence-electron chi connectivity index (χ1n) is 8.31. The van der Waals surface area contributed by atoms with Gasteiger partial charge in [-0.2, -0.15) is 0 Å². The molecule has 130 valence electrons. The molecule has 0 aliphatic carbocycles. The number of nitrogens with zero attached hydrogens (tertiary/aromatic N) is 2. The zero-order valence-electron chi connectivity index (χ0n) is 14.9. The first-order chi connectivity index (χ1) is 11.9. The number of aliphatic carboxylic acids is 1. The van der Waals surface area contributed by atoms with E-state index in [1.165, 1.54) is 11.3 Å². The van der Waals surface area contributed by atoms with Gasteiger partial charge in [0.1, 0.15) is 5.01 Å². The van der Waals surface area contributed by atoms with Crippen LogP contribution in [0.4, 0.5) is 0 Å². The lowest BCUT2D eigenvalue weighted by atomic mass is 10.1. The molecular weight excluding hydrogens is 332 g/mol. The highest BCUT2D eigenvalue weighted by atomic mass is 32.1. The predicted octanol–water partition coefficient (Wildman–Crippen LogP) is 3.98. The van der Waals surface area contributed by atoms with Gasteiger partial charge in [0.25, 0.3) is 0 Å². The Kier molecular flexibility index (Phi) is 4.77.